The third kappa shape index (κ3) is 3.45. The molecule has 0 spiro atoms. The Morgan fingerprint density at radius 1 is 1.25 bits per heavy atom. The number of aromatic hydroxyl groups is 1. The van der Waals surface area contributed by atoms with E-state index in [0.29, 0.717) is 41.6 Å². The van der Waals surface area contributed by atoms with Crippen LogP contribution in [0.25, 0.3) is 11.3 Å². The third-order valence-electron chi connectivity index (χ3n) is 6.03. The average molecular weight is 433 g/mol. The van der Waals surface area contributed by atoms with E-state index in [1.54, 1.807) is 24.3 Å². The third-order valence-corrected chi connectivity index (χ3v) is 6.03. The first-order valence-corrected chi connectivity index (χ1v) is 10.4. The Hall–Kier alpha value is -3.88. The first-order valence-electron chi connectivity index (χ1n) is 10.4. The van der Waals surface area contributed by atoms with Gasteiger partial charge in [0.2, 0.25) is 5.88 Å². The summed E-state index contributed by atoms with van der Waals surface area (Å²) in [5.74, 6) is 0.904. The molecule has 4 heterocycles. The maximum Gasteiger partial charge on any atom is 0.339 e. The first-order chi connectivity index (χ1) is 15.5. The van der Waals surface area contributed by atoms with Gasteiger partial charge in [0.15, 0.2) is 5.82 Å². The second-order valence-corrected chi connectivity index (χ2v) is 8.26. The van der Waals surface area contributed by atoms with Gasteiger partial charge in [0.1, 0.15) is 11.9 Å². The lowest BCUT2D eigenvalue weighted by atomic mass is 9.95. The molecule has 2 N–H and O–H groups in total. The molecule has 9 nitrogen and oxygen atoms in total. The molecule has 1 aromatic carbocycles. The van der Waals surface area contributed by atoms with Crippen LogP contribution in [0.1, 0.15) is 23.7 Å². The molecule has 9 heteroatoms. The number of esters is 1. The fraction of sp³-hybridized carbons (Fsp3) is 0.304. The van der Waals surface area contributed by atoms with E-state index in [1.807, 2.05) is 18.2 Å². The highest BCUT2D eigenvalue weighted by atomic mass is 16.5. The van der Waals surface area contributed by atoms with Crippen LogP contribution in [-0.4, -0.2) is 58.1 Å². The van der Waals surface area contributed by atoms with E-state index in [-0.39, 0.29) is 17.4 Å². The van der Waals surface area contributed by atoms with Crippen LogP contribution >= 0.6 is 0 Å². The van der Waals surface area contributed by atoms with Crippen molar-refractivity contribution in [3.8, 4) is 22.9 Å². The zero-order valence-electron chi connectivity index (χ0n) is 17.8. The largest absolute Gasteiger partial charge is 0.507 e. The molecule has 0 radical (unpaired) electrons. The lowest BCUT2D eigenvalue weighted by Crippen LogP contribution is -2.50. The van der Waals surface area contributed by atoms with Crippen molar-refractivity contribution < 1.29 is 19.4 Å². The Morgan fingerprint density at radius 3 is 2.84 bits per heavy atom. The van der Waals surface area contributed by atoms with Crippen LogP contribution in [-0.2, 0) is 4.74 Å². The molecule has 2 atom stereocenters. The quantitative estimate of drug-likeness (QED) is 0.600. The predicted molar refractivity (Wildman–Crippen MR) is 118 cm³/mol. The van der Waals surface area contributed by atoms with Gasteiger partial charge in [-0.2, -0.15) is 0 Å². The van der Waals surface area contributed by atoms with E-state index in [1.165, 1.54) is 13.3 Å². The maximum atomic E-state index is 11.6. The van der Waals surface area contributed by atoms with Crippen LogP contribution in [0.5, 0.6) is 11.6 Å². The number of fused-ring (bicyclic) bond motifs is 3. The van der Waals surface area contributed by atoms with Crippen LogP contribution in [0.2, 0.25) is 0 Å². The molecule has 2 aliphatic rings. The Morgan fingerprint density at radius 2 is 2.09 bits per heavy atom. The van der Waals surface area contributed by atoms with E-state index in [0.717, 1.165) is 12.1 Å². The Kier molecular flexibility index (Phi) is 4.80. The summed E-state index contributed by atoms with van der Waals surface area (Å²) < 4.78 is 10.9. The molecule has 164 valence electrons. The van der Waals surface area contributed by atoms with Gasteiger partial charge in [-0.1, -0.05) is 12.1 Å². The van der Waals surface area contributed by atoms with Gasteiger partial charge in [-0.15, -0.1) is 10.2 Å². The normalized spacial score (nSPS) is 21.3. The highest BCUT2D eigenvalue weighted by molar-refractivity contribution is 5.88. The number of phenols is 1. The minimum Gasteiger partial charge on any atom is -0.507 e. The lowest BCUT2D eigenvalue weighted by molar-refractivity contribution is 0.0600. The number of methoxy groups -OCH3 is 1. The highest BCUT2D eigenvalue weighted by Gasteiger charge is 2.47. The van der Waals surface area contributed by atoms with Crippen molar-refractivity contribution in [2.75, 3.05) is 30.4 Å². The number of anilines is 2. The van der Waals surface area contributed by atoms with Crippen molar-refractivity contribution in [2.45, 2.75) is 25.0 Å². The van der Waals surface area contributed by atoms with E-state index in [4.69, 9.17) is 9.47 Å². The van der Waals surface area contributed by atoms with Gasteiger partial charge in [-0.3, -0.25) is 0 Å². The zero-order chi connectivity index (χ0) is 22.3. The minimum absolute atomic E-state index is 0.0917. The predicted octanol–water partition coefficient (Wildman–Crippen LogP) is 2.87. The summed E-state index contributed by atoms with van der Waals surface area (Å²) >= 11 is 0. The average Bonchev–Trinajstić information content (AvgIpc) is 3.15. The number of carbonyl (C=O) groups excluding carboxylic acids is 1. The standard InChI is InChI=1S/C23H23N5O4/c1-23-10-15(32-20-8-7-14(11-24-20)22(30)31-2)12-28(23)18-9-17(26-27-21(18)25-13-23)16-5-3-4-6-19(16)29/h3-9,11,15,29H,10,12-13H2,1-2H3,(H,25,27)/t15-,23+/m1/s1. The number of benzene rings is 1. The minimum atomic E-state index is -0.432. The van der Waals surface area contributed by atoms with E-state index >= 15 is 0 Å². The number of carbonyl (C=O) groups is 1. The summed E-state index contributed by atoms with van der Waals surface area (Å²) in [6.07, 6.45) is 2.15. The summed E-state index contributed by atoms with van der Waals surface area (Å²) in [5.41, 5.74) is 2.37. The van der Waals surface area contributed by atoms with Gasteiger partial charge in [-0.25, -0.2) is 9.78 Å². The molecule has 0 aliphatic carbocycles. The second kappa shape index (κ2) is 7.67. The molecule has 0 saturated carbocycles. The monoisotopic (exact) mass is 433 g/mol. The van der Waals surface area contributed by atoms with E-state index in [2.05, 4.69) is 32.3 Å². The first kappa shape index (κ1) is 20.0. The Balaban J connectivity index is 1.39. The van der Waals surface area contributed by atoms with Crippen molar-refractivity contribution >= 4 is 17.5 Å². The number of para-hydroxylation sites is 1. The van der Waals surface area contributed by atoms with E-state index < -0.39 is 5.97 Å². The van der Waals surface area contributed by atoms with Crippen molar-refractivity contribution in [2.24, 2.45) is 0 Å². The molecule has 32 heavy (non-hydrogen) atoms. The number of rotatable bonds is 4. The molecule has 3 aromatic rings. The number of aromatic nitrogens is 3. The number of phenolic OH excluding ortho intramolecular Hbond substituents is 1. The lowest BCUT2D eigenvalue weighted by Gasteiger charge is -2.41. The number of hydrogen-bond donors (Lipinski definition) is 2. The molecule has 2 aliphatic heterocycles. The van der Waals surface area contributed by atoms with Crippen LogP contribution in [0.15, 0.2) is 48.7 Å². The fourth-order valence-corrected chi connectivity index (χ4v) is 4.39. The van der Waals surface area contributed by atoms with Gasteiger partial charge in [0.05, 0.1) is 36.1 Å². The van der Waals surface area contributed by atoms with Crippen molar-refractivity contribution in [1.29, 1.82) is 0 Å². The highest BCUT2D eigenvalue weighted by Crippen LogP contribution is 2.43. The number of nitrogens with one attached hydrogen (secondary N) is 1. The summed E-state index contributed by atoms with van der Waals surface area (Å²) in [5, 5.41) is 22.3. The fourth-order valence-electron chi connectivity index (χ4n) is 4.39. The number of pyridine rings is 1. The maximum absolute atomic E-state index is 11.6. The molecule has 0 amide bonds. The van der Waals surface area contributed by atoms with E-state index in [9.17, 15) is 9.90 Å². The van der Waals surface area contributed by atoms with Gasteiger partial charge in [0, 0.05) is 30.8 Å². The van der Waals surface area contributed by atoms with Gasteiger partial charge >= 0.3 is 5.97 Å². The van der Waals surface area contributed by atoms with Crippen molar-refractivity contribution in [3.05, 3.63) is 54.2 Å². The van der Waals surface area contributed by atoms with Crippen LogP contribution in [0.4, 0.5) is 11.5 Å². The van der Waals surface area contributed by atoms with Crippen LogP contribution in [0.3, 0.4) is 0 Å². The summed E-state index contributed by atoms with van der Waals surface area (Å²) in [7, 11) is 1.34. The number of hydrogen-bond acceptors (Lipinski definition) is 9. The smallest absolute Gasteiger partial charge is 0.339 e. The number of nitrogens with zero attached hydrogens (tertiary/aromatic N) is 4. The molecule has 0 unspecified atom stereocenters. The molecule has 5 rings (SSSR count). The Labute approximate surface area is 185 Å². The number of ether oxygens (including phenoxy) is 2. The van der Waals surface area contributed by atoms with Gasteiger partial charge in [-0.05, 0) is 31.2 Å². The molecular weight excluding hydrogens is 410 g/mol. The topological polar surface area (TPSA) is 110 Å². The van der Waals surface area contributed by atoms with Gasteiger partial charge < -0.3 is 24.8 Å². The molecule has 0 bridgehead atoms. The van der Waals surface area contributed by atoms with Crippen molar-refractivity contribution in [1.82, 2.24) is 15.2 Å². The van der Waals surface area contributed by atoms with Crippen LogP contribution in [0, 0.1) is 0 Å². The summed E-state index contributed by atoms with van der Waals surface area (Å²) in [6, 6.07) is 12.4. The van der Waals surface area contributed by atoms with Crippen molar-refractivity contribution in [3.63, 3.8) is 0 Å². The summed E-state index contributed by atoms with van der Waals surface area (Å²) in [4.78, 5) is 18.1. The van der Waals surface area contributed by atoms with Crippen LogP contribution < -0.4 is 15.0 Å². The SMILES string of the molecule is COC(=O)c1ccc(O[C@H]2CN3c4cc(-c5ccccc5O)nnc4NC[C@]3(C)C2)nc1. The summed E-state index contributed by atoms with van der Waals surface area (Å²) in [6.45, 7) is 3.54. The second-order valence-electron chi connectivity index (χ2n) is 8.26. The zero-order valence-corrected chi connectivity index (χ0v) is 17.8. The molecular formula is C23H23N5O4. The molecule has 1 saturated heterocycles. The van der Waals surface area contributed by atoms with Gasteiger partial charge in [0.25, 0.3) is 0 Å². The Bertz CT molecular complexity index is 1170. The molecule has 2 aromatic heterocycles. The molecule has 1 fully saturated rings.